The zero-order valence-corrected chi connectivity index (χ0v) is 27.1. The molecular weight excluding hydrogens is 633 g/mol. The molecule has 0 saturated carbocycles. The first-order valence-corrected chi connectivity index (χ1v) is 16.1. The minimum absolute atomic E-state index is 0.165. The summed E-state index contributed by atoms with van der Waals surface area (Å²) in [7, 11) is 0. The van der Waals surface area contributed by atoms with Crippen molar-refractivity contribution in [2.45, 2.75) is 38.5 Å². The number of nitrogens with zero attached hydrogens (tertiary/aromatic N) is 7. The number of ether oxygens (including phenoxy) is 2. The fourth-order valence-corrected chi connectivity index (χ4v) is 7.91. The lowest BCUT2D eigenvalue weighted by Crippen LogP contribution is -2.54. The van der Waals surface area contributed by atoms with Gasteiger partial charge in [-0.1, -0.05) is 59.6 Å². The van der Waals surface area contributed by atoms with Gasteiger partial charge in [-0.25, -0.2) is 4.79 Å². The predicted molar refractivity (Wildman–Crippen MR) is 168 cm³/mol. The van der Waals surface area contributed by atoms with Crippen LogP contribution in [0.2, 0.25) is 10.0 Å². The highest BCUT2D eigenvalue weighted by molar-refractivity contribution is 6.35. The normalized spacial score (nSPS) is 25.7. The third kappa shape index (κ3) is 4.85. The molecule has 3 amide bonds. The minimum Gasteiger partial charge on any atom is -0.450 e. The smallest absolute Gasteiger partial charge is 0.409 e. The molecule has 4 aliphatic rings. The van der Waals surface area contributed by atoms with Gasteiger partial charge in [0.05, 0.1) is 36.8 Å². The topological polar surface area (TPSA) is 123 Å². The summed E-state index contributed by atoms with van der Waals surface area (Å²) in [6, 6.07) is 10.2. The van der Waals surface area contributed by atoms with E-state index in [-0.39, 0.29) is 25.0 Å². The van der Waals surface area contributed by atoms with E-state index in [1.807, 2.05) is 44.2 Å². The Kier molecular flexibility index (Phi) is 7.77. The van der Waals surface area contributed by atoms with Crippen LogP contribution >= 0.6 is 23.2 Å². The van der Waals surface area contributed by atoms with Gasteiger partial charge >= 0.3 is 6.09 Å². The monoisotopic (exact) mass is 665 g/mol. The van der Waals surface area contributed by atoms with Crippen molar-refractivity contribution in [3.63, 3.8) is 0 Å². The van der Waals surface area contributed by atoms with Gasteiger partial charge in [0.25, 0.3) is 0 Å². The number of carbonyl (C=O) groups is 3. The highest BCUT2D eigenvalue weighted by atomic mass is 35.5. The van der Waals surface area contributed by atoms with E-state index in [0.717, 1.165) is 16.8 Å². The van der Waals surface area contributed by atoms with Gasteiger partial charge in [-0.15, -0.1) is 5.10 Å². The molecule has 0 unspecified atom stereocenters. The zero-order chi connectivity index (χ0) is 32.3. The van der Waals surface area contributed by atoms with Crippen LogP contribution in [0.1, 0.15) is 35.5 Å². The molecule has 3 fully saturated rings. The van der Waals surface area contributed by atoms with Crippen molar-refractivity contribution in [2.24, 2.45) is 11.8 Å². The Morgan fingerprint density at radius 2 is 1.80 bits per heavy atom. The molecule has 1 spiro atoms. The van der Waals surface area contributed by atoms with E-state index in [0.29, 0.717) is 47.6 Å². The van der Waals surface area contributed by atoms with Crippen LogP contribution in [-0.4, -0.2) is 104 Å². The third-order valence-corrected chi connectivity index (χ3v) is 10.1. The van der Waals surface area contributed by atoms with Crippen LogP contribution < -0.4 is 0 Å². The summed E-state index contributed by atoms with van der Waals surface area (Å²) in [6.07, 6.45) is 2.88. The van der Waals surface area contributed by atoms with E-state index in [1.54, 1.807) is 44.5 Å². The van der Waals surface area contributed by atoms with Gasteiger partial charge in [0.1, 0.15) is 11.6 Å². The zero-order valence-electron chi connectivity index (χ0n) is 25.6. The molecule has 3 aromatic rings. The van der Waals surface area contributed by atoms with Crippen LogP contribution in [0.3, 0.4) is 0 Å². The maximum absolute atomic E-state index is 14.7. The minimum atomic E-state index is -0.997. The van der Waals surface area contributed by atoms with Crippen LogP contribution in [0.4, 0.5) is 4.79 Å². The number of rotatable bonds is 6. The van der Waals surface area contributed by atoms with E-state index in [2.05, 4.69) is 15.5 Å². The van der Waals surface area contributed by atoms with Gasteiger partial charge in [-0.3, -0.25) is 9.59 Å². The van der Waals surface area contributed by atoms with E-state index in [9.17, 15) is 14.4 Å². The molecule has 0 radical (unpaired) electrons. The lowest BCUT2D eigenvalue weighted by molar-refractivity contribution is -0.144. The quantitative estimate of drug-likeness (QED) is 0.365. The molecule has 3 saturated heterocycles. The maximum atomic E-state index is 14.7. The van der Waals surface area contributed by atoms with Crippen molar-refractivity contribution in [1.82, 2.24) is 34.9 Å². The second-order valence-electron chi connectivity index (χ2n) is 12.1. The number of fused-ring (bicyclic) bond motifs is 1. The Hall–Kier alpha value is -4.00. The van der Waals surface area contributed by atoms with Gasteiger partial charge < -0.3 is 24.2 Å². The Morgan fingerprint density at radius 3 is 2.50 bits per heavy atom. The van der Waals surface area contributed by atoms with E-state index >= 15 is 0 Å². The fraction of sp³-hybridized carbons (Fsp3) is 0.438. The van der Waals surface area contributed by atoms with Crippen LogP contribution in [0.25, 0.3) is 5.69 Å². The number of carbonyl (C=O) groups excluding carboxylic acids is 3. The van der Waals surface area contributed by atoms with E-state index in [4.69, 9.17) is 32.7 Å². The lowest BCUT2D eigenvalue weighted by atomic mass is 9.76. The second kappa shape index (κ2) is 11.7. The SMILES string of the molecule is CCOC(=O)N1CCN(C(=O)[C@H]2[C@H]3C(=O)N([C@@H](c4ccc(Cl)cc4Cl)c4nnnn4-c4c(C)cccc4C)C[C@@]34C=C[C@H]2O4)CC1. The molecule has 0 N–H and O–H groups in total. The van der Waals surface area contributed by atoms with Crippen molar-refractivity contribution in [2.75, 3.05) is 39.3 Å². The number of hydrogen-bond donors (Lipinski definition) is 0. The van der Waals surface area contributed by atoms with Crippen LogP contribution in [0, 0.1) is 25.7 Å². The maximum Gasteiger partial charge on any atom is 0.409 e. The number of benzene rings is 2. The summed E-state index contributed by atoms with van der Waals surface area (Å²) >= 11 is 13.1. The fourth-order valence-electron chi connectivity index (χ4n) is 7.40. The third-order valence-electron chi connectivity index (χ3n) is 9.49. The van der Waals surface area contributed by atoms with Crippen molar-refractivity contribution in [1.29, 1.82) is 0 Å². The van der Waals surface area contributed by atoms with Crippen LogP contribution in [0.5, 0.6) is 0 Å². The molecule has 12 nitrogen and oxygen atoms in total. The van der Waals surface area contributed by atoms with Crippen LogP contribution in [-0.2, 0) is 19.1 Å². The summed E-state index contributed by atoms with van der Waals surface area (Å²) in [5.74, 6) is -1.49. The largest absolute Gasteiger partial charge is 0.450 e. The van der Waals surface area contributed by atoms with Gasteiger partial charge in [0.15, 0.2) is 5.82 Å². The molecule has 240 valence electrons. The van der Waals surface area contributed by atoms with Gasteiger partial charge in [0, 0.05) is 41.8 Å². The summed E-state index contributed by atoms with van der Waals surface area (Å²) < 4.78 is 13.3. The second-order valence-corrected chi connectivity index (χ2v) is 13.0. The summed E-state index contributed by atoms with van der Waals surface area (Å²) in [6.45, 7) is 7.56. The summed E-state index contributed by atoms with van der Waals surface area (Å²) in [4.78, 5) is 46.0. The Bertz CT molecular complexity index is 1740. The average Bonchev–Trinajstić information content (AvgIpc) is 3.80. The standard InChI is InChI=1S/C32H33Cl2N7O5/c1-4-45-31(44)39-14-12-38(13-15-39)29(42)24-23-10-11-32(46-23)17-40(30(43)25(24)32)27(21-9-8-20(33)16-22(21)34)28-35-36-37-41(28)26-18(2)6-5-7-19(26)3/h5-11,16,23-25,27H,4,12-15,17H2,1-3H3/t23-,24-,25+,27+,32+/m1/s1. The average molecular weight is 667 g/mol. The first kappa shape index (κ1) is 30.6. The number of aromatic nitrogens is 4. The lowest BCUT2D eigenvalue weighted by Gasteiger charge is -2.37. The number of tetrazole rings is 1. The molecule has 5 atom stereocenters. The molecule has 5 heterocycles. The molecule has 14 heteroatoms. The first-order chi connectivity index (χ1) is 22.1. The van der Waals surface area contributed by atoms with Crippen LogP contribution in [0.15, 0.2) is 48.6 Å². The molecule has 46 heavy (non-hydrogen) atoms. The number of likely N-dealkylation sites (tertiary alicyclic amines) is 1. The molecule has 7 rings (SSSR count). The number of hydrogen-bond acceptors (Lipinski definition) is 8. The first-order valence-electron chi connectivity index (χ1n) is 15.3. The Balaban J connectivity index is 1.24. The van der Waals surface area contributed by atoms with Gasteiger partial charge in [-0.05, 0) is 54.5 Å². The molecule has 2 bridgehead atoms. The Morgan fingerprint density at radius 1 is 1.09 bits per heavy atom. The number of piperazine rings is 1. The molecule has 2 aromatic carbocycles. The highest BCUT2D eigenvalue weighted by Gasteiger charge is 2.68. The van der Waals surface area contributed by atoms with Gasteiger partial charge in [0.2, 0.25) is 11.8 Å². The molecule has 1 aromatic heterocycles. The van der Waals surface area contributed by atoms with Crippen molar-refractivity contribution in [3.05, 3.63) is 81.1 Å². The van der Waals surface area contributed by atoms with Crippen molar-refractivity contribution in [3.8, 4) is 5.69 Å². The summed E-state index contributed by atoms with van der Waals surface area (Å²) in [5.41, 5.74) is 2.31. The molecule has 4 aliphatic heterocycles. The van der Waals surface area contributed by atoms with Gasteiger partial charge in [-0.2, -0.15) is 4.68 Å². The number of halogens is 2. The van der Waals surface area contributed by atoms with E-state index < -0.39 is 35.7 Å². The molecule has 0 aliphatic carbocycles. The van der Waals surface area contributed by atoms with E-state index in [1.165, 1.54) is 0 Å². The number of aryl methyl sites for hydroxylation is 2. The Labute approximate surface area is 275 Å². The summed E-state index contributed by atoms with van der Waals surface area (Å²) in [5, 5.41) is 13.6. The van der Waals surface area contributed by atoms with Crippen molar-refractivity contribution < 1.29 is 23.9 Å². The number of amides is 3. The molecular formula is C32H33Cl2N7O5. The van der Waals surface area contributed by atoms with Crippen molar-refractivity contribution >= 4 is 41.1 Å². The predicted octanol–water partition coefficient (Wildman–Crippen LogP) is 3.76. The number of para-hydroxylation sites is 1. The highest BCUT2D eigenvalue weighted by Crippen LogP contribution is 2.54.